The van der Waals surface area contributed by atoms with Gasteiger partial charge < -0.3 is 10.4 Å². The molecule has 1 amide bonds. The van der Waals surface area contributed by atoms with Crippen LogP contribution in [0.25, 0.3) is 0 Å². The number of benzene rings is 1. The van der Waals surface area contributed by atoms with E-state index in [0.29, 0.717) is 10.8 Å². The maximum atomic E-state index is 12.3. The third kappa shape index (κ3) is 5.63. The summed E-state index contributed by atoms with van der Waals surface area (Å²) >= 11 is 1.58. The summed E-state index contributed by atoms with van der Waals surface area (Å²) in [6.07, 6.45) is 3.77. The van der Waals surface area contributed by atoms with Gasteiger partial charge in [0.2, 0.25) is 0 Å². The highest BCUT2D eigenvalue weighted by Gasteiger charge is 2.21. The maximum Gasteiger partial charge on any atom is 0.326 e. The van der Waals surface area contributed by atoms with Crippen molar-refractivity contribution in [3.8, 4) is 0 Å². The van der Waals surface area contributed by atoms with Gasteiger partial charge in [0.1, 0.15) is 6.04 Å². The SMILES string of the molecule is C/C=C/CC(NC(=O)c1ccccc1SC(C)C)C(=O)O. The molecule has 1 atom stereocenters. The number of amides is 1. The minimum Gasteiger partial charge on any atom is -0.480 e. The van der Waals surface area contributed by atoms with Crippen LogP contribution in [-0.4, -0.2) is 28.3 Å². The third-order valence-corrected chi connectivity index (χ3v) is 3.79. The van der Waals surface area contributed by atoms with E-state index in [2.05, 4.69) is 5.32 Å². The average Bonchev–Trinajstić information content (AvgIpc) is 2.42. The molecular formula is C16H21NO3S. The van der Waals surface area contributed by atoms with E-state index in [-0.39, 0.29) is 12.3 Å². The van der Waals surface area contributed by atoms with E-state index in [0.717, 1.165) is 4.90 Å². The molecule has 1 aromatic carbocycles. The Morgan fingerprint density at radius 2 is 2.00 bits per heavy atom. The van der Waals surface area contributed by atoms with Gasteiger partial charge in [-0.05, 0) is 25.5 Å². The fourth-order valence-corrected chi connectivity index (χ4v) is 2.69. The van der Waals surface area contributed by atoms with Crippen molar-refractivity contribution in [2.24, 2.45) is 0 Å². The van der Waals surface area contributed by atoms with Gasteiger partial charge in [0, 0.05) is 10.1 Å². The van der Waals surface area contributed by atoms with Crippen LogP contribution in [0.5, 0.6) is 0 Å². The standard InChI is InChI=1S/C16H21NO3S/c1-4-5-9-13(16(19)20)17-15(18)12-8-6-7-10-14(12)21-11(2)3/h4-8,10-11,13H,9H2,1-3H3,(H,17,18)(H,19,20)/b5-4+. The van der Waals surface area contributed by atoms with E-state index in [9.17, 15) is 9.59 Å². The summed E-state index contributed by atoms with van der Waals surface area (Å²) < 4.78 is 0. The van der Waals surface area contributed by atoms with Crippen molar-refractivity contribution in [2.75, 3.05) is 0 Å². The first-order chi connectivity index (χ1) is 9.95. The molecule has 1 aromatic rings. The number of thioether (sulfide) groups is 1. The second-order valence-corrected chi connectivity index (χ2v) is 6.45. The molecule has 0 radical (unpaired) electrons. The van der Waals surface area contributed by atoms with Crippen molar-refractivity contribution in [1.82, 2.24) is 5.32 Å². The maximum absolute atomic E-state index is 12.3. The van der Waals surface area contributed by atoms with Crippen molar-refractivity contribution in [3.63, 3.8) is 0 Å². The third-order valence-electron chi connectivity index (χ3n) is 2.71. The van der Waals surface area contributed by atoms with Crippen molar-refractivity contribution in [3.05, 3.63) is 42.0 Å². The van der Waals surface area contributed by atoms with Gasteiger partial charge >= 0.3 is 5.97 Å². The smallest absolute Gasteiger partial charge is 0.326 e. The number of carbonyl (C=O) groups is 2. The van der Waals surface area contributed by atoms with Crippen molar-refractivity contribution < 1.29 is 14.7 Å². The van der Waals surface area contributed by atoms with Crippen LogP contribution in [0.15, 0.2) is 41.3 Å². The molecule has 0 fully saturated rings. The lowest BCUT2D eigenvalue weighted by atomic mass is 10.1. The van der Waals surface area contributed by atoms with Gasteiger partial charge in [-0.1, -0.05) is 38.1 Å². The molecule has 5 heteroatoms. The Morgan fingerprint density at radius 1 is 1.33 bits per heavy atom. The molecule has 0 saturated carbocycles. The quantitative estimate of drug-likeness (QED) is 0.599. The largest absolute Gasteiger partial charge is 0.480 e. The fourth-order valence-electron chi connectivity index (χ4n) is 1.74. The van der Waals surface area contributed by atoms with Crippen molar-refractivity contribution in [1.29, 1.82) is 0 Å². The fraction of sp³-hybridized carbons (Fsp3) is 0.375. The van der Waals surface area contributed by atoms with Crippen LogP contribution < -0.4 is 5.32 Å². The summed E-state index contributed by atoms with van der Waals surface area (Å²) in [7, 11) is 0. The molecule has 0 heterocycles. The number of aliphatic carboxylic acids is 1. The van der Waals surface area contributed by atoms with Gasteiger partial charge in [0.05, 0.1) is 5.56 Å². The number of allylic oxidation sites excluding steroid dienone is 1. The van der Waals surface area contributed by atoms with Crippen LogP contribution in [-0.2, 0) is 4.79 Å². The number of nitrogens with one attached hydrogen (secondary N) is 1. The van der Waals surface area contributed by atoms with E-state index in [1.165, 1.54) is 0 Å². The second kappa shape index (κ2) is 8.52. The summed E-state index contributed by atoms with van der Waals surface area (Å²) in [6.45, 7) is 5.91. The van der Waals surface area contributed by atoms with Gasteiger partial charge in [0.15, 0.2) is 0 Å². The van der Waals surface area contributed by atoms with Crippen molar-refractivity contribution in [2.45, 2.75) is 43.4 Å². The molecule has 0 saturated heterocycles. The lowest BCUT2D eigenvalue weighted by Crippen LogP contribution is -2.40. The topological polar surface area (TPSA) is 66.4 Å². The molecule has 2 N–H and O–H groups in total. The highest BCUT2D eigenvalue weighted by molar-refractivity contribution is 8.00. The average molecular weight is 307 g/mol. The van der Waals surface area contributed by atoms with Gasteiger partial charge in [-0.2, -0.15) is 0 Å². The van der Waals surface area contributed by atoms with E-state index in [1.807, 2.05) is 32.9 Å². The van der Waals surface area contributed by atoms with Crippen molar-refractivity contribution >= 4 is 23.6 Å². The Bertz CT molecular complexity index is 526. The van der Waals surface area contributed by atoms with Gasteiger partial charge in [-0.15, -0.1) is 11.8 Å². The monoisotopic (exact) mass is 307 g/mol. The molecule has 1 unspecified atom stereocenters. The van der Waals surface area contributed by atoms with E-state index in [1.54, 1.807) is 36.0 Å². The lowest BCUT2D eigenvalue weighted by Gasteiger charge is -2.15. The van der Waals surface area contributed by atoms with Crippen LogP contribution in [0, 0.1) is 0 Å². The van der Waals surface area contributed by atoms with Crippen LogP contribution in [0.1, 0.15) is 37.6 Å². The normalized spacial score (nSPS) is 12.6. The Hall–Kier alpha value is -1.75. The zero-order valence-corrected chi connectivity index (χ0v) is 13.3. The molecule has 0 spiro atoms. The number of rotatable bonds is 7. The number of carboxylic acid groups (broad SMARTS) is 1. The minimum absolute atomic E-state index is 0.275. The molecular weight excluding hydrogens is 286 g/mol. The Labute approximate surface area is 129 Å². The van der Waals surface area contributed by atoms with Gasteiger partial charge in [-0.3, -0.25) is 4.79 Å². The van der Waals surface area contributed by atoms with Crippen LogP contribution >= 0.6 is 11.8 Å². The second-order valence-electron chi connectivity index (χ2n) is 4.83. The van der Waals surface area contributed by atoms with Crippen LogP contribution in [0.2, 0.25) is 0 Å². The van der Waals surface area contributed by atoms with Gasteiger partial charge in [0.25, 0.3) is 5.91 Å². The molecule has 0 bridgehead atoms. The first-order valence-electron chi connectivity index (χ1n) is 6.86. The van der Waals surface area contributed by atoms with E-state index < -0.39 is 12.0 Å². The predicted octanol–water partition coefficient (Wildman–Crippen LogP) is 3.34. The first kappa shape index (κ1) is 17.3. The van der Waals surface area contributed by atoms with Gasteiger partial charge in [-0.25, -0.2) is 4.79 Å². The summed E-state index contributed by atoms with van der Waals surface area (Å²) in [5, 5.41) is 12.1. The number of carbonyl (C=O) groups excluding carboxylic acids is 1. The molecule has 21 heavy (non-hydrogen) atoms. The minimum atomic E-state index is -1.03. The zero-order chi connectivity index (χ0) is 15.8. The summed E-state index contributed by atoms with van der Waals surface area (Å²) in [5.41, 5.74) is 0.517. The molecule has 1 rings (SSSR count). The molecule has 4 nitrogen and oxygen atoms in total. The highest BCUT2D eigenvalue weighted by atomic mass is 32.2. The Balaban J connectivity index is 2.89. The molecule has 0 aromatic heterocycles. The van der Waals surface area contributed by atoms with E-state index >= 15 is 0 Å². The van der Waals surface area contributed by atoms with E-state index in [4.69, 9.17) is 5.11 Å². The molecule has 0 aliphatic rings. The highest BCUT2D eigenvalue weighted by Crippen LogP contribution is 2.26. The summed E-state index contributed by atoms with van der Waals surface area (Å²) in [4.78, 5) is 24.4. The number of hydrogen-bond donors (Lipinski definition) is 2. The van der Waals surface area contributed by atoms with Crippen LogP contribution in [0.4, 0.5) is 0 Å². The molecule has 0 aliphatic heterocycles. The van der Waals surface area contributed by atoms with Crippen LogP contribution in [0.3, 0.4) is 0 Å². The summed E-state index contributed by atoms with van der Waals surface area (Å²) in [6, 6.07) is 6.33. The number of hydrogen-bond acceptors (Lipinski definition) is 3. The molecule has 114 valence electrons. The lowest BCUT2D eigenvalue weighted by molar-refractivity contribution is -0.139. The number of carboxylic acids is 1. The Kier molecular flexibility index (Phi) is 7.02. The zero-order valence-electron chi connectivity index (χ0n) is 12.5. The first-order valence-corrected chi connectivity index (χ1v) is 7.74. The summed E-state index contributed by atoms with van der Waals surface area (Å²) in [5.74, 6) is -1.38. The molecule has 0 aliphatic carbocycles. The predicted molar refractivity (Wildman–Crippen MR) is 85.8 cm³/mol. The Morgan fingerprint density at radius 3 is 2.57 bits per heavy atom.